The van der Waals surface area contributed by atoms with Gasteiger partial charge in [-0.2, -0.15) is 0 Å². The Morgan fingerprint density at radius 3 is 2.67 bits per heavy atom. The molecule has 1 aliphatic heterocycles. The molecule has 2 N–H and O–H groups in total. The zero-order chi connectivity index (χ0) is 13.4. The van der Waals surface area contributed by atoms with E-state index in [-0.39, 0.29) is 11.9 Å². The zero-order valence-electron chi connectivity index (χ0n) is 11.0. The van der Waals surface area contributed by atoms with Crippen LogP contribution in [-0.4, -0.2) is 29.0 Å². The van der Waals surface area contributed by atoms with Gasteiger partial charge in [-0.15, -0.1) is 0 Å². The summed E-state index contributed by atoms with van der Waals surface area (Å²) in [5.41, 5.74) is 6.73. The topological polar surface area (TPSA) is 75.4 Å². The second-order valence-electron chi connectivity index (χ2n) is 4.51. The van der Waals surface area contributed by atoms with Gasteiger partial charge in [0.15, 0.2) is 5.82 Å². The van der Waals surface area contributed by atoms with Crippen molar-refractivity contribution in [3.05, 3.63) is 23.9 Å². The molecule has 6 nitrogen and oxygen atoms in total. The summed E-state index contributed by atoms with van der Waals surface area (Å²) in [7, 11) is 1.70. The maximum Gasteiger partial charge on any atom is 0.276 e. The molecule has 0 unspecified atom stereocenters. The number of carbonyl (C=O) groups is 1. The van der Waals surface area contributed by atoms with E-state index in [0.29, 0.717) is 17.2 Å². The van der Waals surface area contributed by atoms with E-state index in [0.717, 1.165) is 5.82 Å². The van der Waals surface area contributed by atoms with Gasteiger partial charge in [0.2, 0.25) is 0 Å². The molecule has 2 heterocycles. The van der Waals surface area contributed by atoms with Crippen molar-refractivity contribution in [3.8, 4) is 0 Å². The van der Waals surface area contributed by atoms with Gasteiger partial charge in [-0.25, -0.2) is 9.97 Å². The van der Waals surface area contributed by atoms with Crippen molar-refractivity contribution in [2.24, 2.45) is 5.73 Å². The lowest BCUT2D eigenvalue weighted by Crippen LogP contribution is -2.46. The molecule has 1 amide bonds. The van der Waals surface area contributed by atoms with Crippen LogP contribution in [0.5, 0.6) is 0 Å². The number of nitrogens with two attached hydrogens (primary N) is 1. The fourth-order valence-electron chi connectivity index (χ4n) is 2.04. The SMILES string of the molecule is Cc1ncc2c(n1)N(C(C)C)/C(=C/N)C(=O)N2C. The maximum absolute atomic E-state index is 12.2. The van der Waals surface area contributed by atoms with Crippen LogP contribution in [0.2, 0.25) is 0 Å². The number of hydrogen-bond donors (Lipinski definition) is 1. The van der Waals surface area contributed by atoms with Crippen molar-refractivity contribution in [1.82, 2.24) is 9.97 Å². The van der Waals surface area contributed by atoms with E-state index in [4.69, 9.17) is 5.73 Å². The number of aromatic nitrogens is 2. The van der Waals surface area contributed by atoms with Crippen LogP contribution in [0.4, 0.5) is 11.5 Å². The van der Waals surface area contributed by atoms with Crippen molar-refractivity contribution in [1.29, 1.82) is 0 Å². The van der Waals surface area contributed by atoms with Crippen molar-refractivity contribution < 1.29 is 4.79 Å². The quantitative estimate of drug-likeness (QED) is 0.742. The van der Waals surface area contributed by atoms with Gasteiger partial charge in [-0.1, -0.05) is 0 Å². The van der Waals surface area contributed by atoms with Crippen LogP contribution in [0.25, 0.3) is 0 Å². The number of carbonyl (C=O) groups excluding carboxylic acids is 1. The van der Waals surface area contributed by atoms with Crippen LogP contribution in [0.1, 0.15) is 19.7 Å². The highest BCUT2D eigenvalue weighted by atomic mass is 16.2. The first-order valence-electron chi connectivity index (χ1n) is 5.80. The molecule has 0 saturated carbocycles. The number of rotatable bonds is 1. The number of nitrogens with zero attached hydrogens (tertiary/aromatic N) is 4. The molecule has 0 radical (unpaired) electrons. The Hall–Kier alpha value is -2.11. The summed E-state index contributed by atoms with van der Waals surface area (Å²) in [6.45, 7) is 5.80. The van der Waals surface area contributed by atoms with Crippen LogP contribution in [0.3, 0.4) is 0 Å². The Labute approximate surface area is 106 Å². The van der Waals surface area contributed by atoms with E-state index in [1.807, 2.05) is 25.7 Å². The average Bonchev–Trinajstić information content (AvgIpc) is 2.32. The Balaban J connectivity index is 2.68. The highest BCUT2D eigenvalue weighted by Crippen LogP contribution is 2.35. The maximum atomic E-state index is 12.2. The third-order valence-electron chi connectivity index (χ3n) is 2.92. The normalized spacial score (nSPS) is 17.6. The Bertz CT molecular complexity index is 523. The minimum absolute atomic E-state index is 0.0884. The zero-order valence-corrected chi connectivity index (χ0v) is 11.0. The molecular formula is C12H17N5O. The first-order valence-corrected chi connectivity index (χ1v) is 5.80. The smallest absolute Gasteiger partial charge is 0.276 e. The Morgan fingerprint density at radius 1 is 1.44 bits per heavy atom. The van der Waals surface area contributed by atoms with E-state index in [1.165, 1.54) is 11.1 Å². The highest BCUT2D eigenvalue weighted by Gasteiger charge is 2.34. The highest BCUT2D eigenvalue weighted by molar-refractivity contribution is 6.12. The lowest BCUT2D eigenvalue weighted by atomic mass is 10.1. The van der Waals surface area contributed by atoms with Crippen molar-refractivity contribution in [3.63, 3.8) is 0 Å². The molecule has 1 aliphatic rings. The summed E-state index contributed by atoms with van der Waals surface area (Å²) in [6, 6.07) is 0.0884. The molecule has 0 atom stereocenters. The summed E-state index contributed by atoms with van der Waals surface area (Å²) in [6.07, 6.45) is 3.00. The van der Waals surface area contributed by atoms with E-state index in [1.54, 1.807) is 13.2 Å². The predicted octanol–water partition coefficient (Wildman–Crippen LogP) is 0.776. The van der Waals surface area contributed by atoms with Gasteiger partial charge in [0.25, 0.3) is 5.91 Å². The van der Waals surface area contributed by atoms with Gasteiger partial charge >= 0.3 is 0 Å². The number of amides is 1. The Morgan fingerprint density at radius 2 is 2.11 bits per heavy atom. The molecule has 6 heteroatoms. The molecule has 1 aromatic rings. The third kappa shape index (κ3) is 1.70. The number of anilines is 2. The summed E-state index contributed by atoms with van der Waals surface area (Å²) in [5, 5.41) is 0. The molecular weight excluding hydrogens is 230 g/mol. The monoisotopic (exact) mass is 247 g/mol. The molecule has 0 aliphatic carbocycles. The first kappa shape index (κ1) is 12.3. The van der Waals surface area contributed by atoms with E-state index >= 15 is 0 Å². The van der Waals surface area contributed by atoms with Gasteiger partial charge in [0.05, 0.1) is 6.20 Å². The second-order valence-corrected chi connectivity index (χ2v) is 4.51. The standard InChI is InChI=1S/C12H17N5O/c1-7(2)17-9(5-13)12(18)16(4)10-6-14-8(3)15-11(10)17/h5-7H,13H2,1-4H3/b9-5+. The van der Waals surface area contributed by atoms with Crippen molar-refractivity contribution in [2.45, 2.75) is 26.8 Å². The van der Waals surface area contributed by atoms with Crippen LogP contribution in [0.15, 0.2) is 18.1 Å². The van der Waals surface area contributed by atoms with E-state index in [2.05, 4.69) is 9.97 Å². The van der Waals surface area contributed by atoms with Crippen LogP contribution >= 0.6 is 0 Å². The number of fused-ring (bicyclic) bond motifs is 1. The molecule has 96 valence electrons. The van der Waals surface area contributed by atoms with Gasteiger partial charge in [0.1, 0.15) is 17.2 Å². The van der Waals surface area contributed by atoms with Gasteiger partial charge in [-0.05, 0) is 20.8 Å². The molecule has 18 heavy (non-hydrogen) atoms. The number of hydrogen-bond acceptors (Lipinski definition) is 5. The van der Waals surface area contributed by atoms with Gasteiger partial charge < -0.3 is 15.5 Å². The Kier molecular flexibility index (Phi) is 2.94. The van der Waals surface area contributed by atoms with Crippen molar-refractivity contribution >= 4 is 17.4 Å². The molecule has 0 spiro atoms. The van der Waals surface area contributed by atoms with E-state index in [9.17, 15) is 4.79 Å². The summed E-state index contributed by atoms with van der Waals surface area (Å²) in [5.74, 6) is 1.24. The minimum atomic E-state index is -0.147. The molecule has 1 aromatic heterocycles. The van der Waals surface area contributed by atoms with Crippen LogP contribution in [-0.2, 0) is 4.79 Å². The van der Waals surface area contributed by atoms with Crippen molar-refractivity contribution in [2.75, 3.05) is 16.8 Å². The van der Waals surface area contributed by atoms with Crippen LogP contribution in [0, 0.1) is 6.92 Å². The van der Waals surface area contributed by atoms with Crippen LogP contribution < -0.4 is 15.5 Å². The summed E-state index contributed by atoms with van der Waals surface area (Å²) in [4.78, 5) is 24.1. The van der Waals surface area contributed by atoms with Gasteiger partial charge in [0, 0.05) is 19.3 Å². The predicted molar refractivity (Wildman–Crippen MR) is 70.1 cm³/mol. The fraction of sp³-hybridized carbons (Fsp3) is 0.417. The second kappa shape index (κ2) is 4.29. The largest absolute Gasteiger partial charge is 0.403 e. The van der Waals surface area contributed by atoms with Gasteiger partial charge in [-0.3, -0.25) is 4.79 Å². The van der Waals surface area contributed by atoms with E-state index < -0.39 is 0 Å². The summed E-state index contributed by atoms with van der Waals surface area (Å²) >= 11 is 0. The third-order valence-corrected chi connectivity index (χ3v) is 2.92. The number of aryl methyl sites for hydroxylation is 1. The molecule has 0 saturated heterocycles. The molecule has 0 aromatic carbocycles. The number of likely N-dealkylation sites (N-methyl/N-ethyl adjacent to an activating group) is 1. The fourth-order valence-corrected chi connectivity index (χ4v) is 2.04. The molecule has 0 fully saturated rings. The molecule has 0 bridgehead atoms. The lowest BCUT2D eigenvalue weighted by molar-refractivity contribution is -0.115. The lowest BCUT2D eigenvalue weighted by Gasteiger charge is -2.38. The minimum Gasteiger partial charge on any atom is -0.403 e. The average molecular weight is 247 g/mol. The summed E-state index contributed by atoms with van der Waals surface area (Å²) < 4.78 is 0. The molecule has 2 rings (SSSR count). The first-order chi connectivity index (χ1) is 8.47.